The maximum Gasteiger partial charge on any atom is 0.166 e. The van der Waals surface area contributed by atoms with Gasteiger partial charge >= 0.3 is 0 Å². The van der Waals surface area contributed by atoms with Crippen molar-refractivity contribution < 1.29 is 4.52 Å². The first-order chi connectivity index (χ1) is 6.24. The average Bonchev–Trinajstić information content (AvgIpc) is 2.66. The molecule has 0 aliphatic rings. The SMILES string of the molecule is C=C(/C=C\C(C)=C/C)c1ccno1. The number of allylic oxidation sites excluding steroid dienone is 5. The van der Waals surface area contributed by atoms with Crippen molar-refractivity contribution in [1.29, 1.82) is 0 Å². The van der Waals surface area contributed by atoms with E-state index in [9.17, 15) is 0 Å². The Morgan fingerprint density at radius 1 is 1.54 bits per heavy atom. The third-order valence-electron chi connectivity index (χ3n) is 1.76. The summed E-state index contributed by atoms with van der Waals surface area (Å²) in [4.78, 5) is 0. The zero-order valence-electron chi connectivity index (χ0n) is 7.95. The molecule has 2 nitrogen and oxygen atoms in total. The van der Waals surface area contributed by atoms with E-state index in [1.165, 1.54) is 5.57 Å². The van der Waals surface area contributed by atoms with Gasteiger partial charge in [-0.2, -0.15) is 0 Å². The van der Waals surface area contributed by atoms with Crippen molar-refractivity contribution in [3.63, 3.8) is 0 Å². The van der Waals surface area contributed by atoms with Gasteiger partial charge in [-0.3, -0.25) is 0 Å². The first kappa shape index (κ1) is 9.52. The van der Waals surface area contributed by atoms with Crippen LogP contribution in [-0.2, 0) is 0 Å². The van der Waals surface area contributed by atoms with Crippen LogP contribution >= 0.6 is 0 Å². The Morgan fingerprint density at radius 2 is 2.31 bits per heavy atom. The number of hydrogen-bond acceptors (Lipinski definition) is 2. The van der Waals surface area contributed by atoms with Gasteiger partial charge in [-0.05, 0) is 13.8 Å². The predicted molar refractivity (Wildman–Crippen MR) is 54.1 cm³/mol. The molecule has 0 unspecified atom stereocenters. The summed E-state index contributed by atoms with van der Waals surface area (Å²) in [7, 11) is 0. The number of aromatic nitrogens is 1. The molecule has 1 heterocycles. The zero-order chi connectivity index (χ0) is 9.68. The van der Waals surface area contributed by atoms with Crippen molar-refractivity contribution in [2.75, 3.05) is 0 Å². The molecule has 13 heavy (non-hydrogen) atoms. The molecule has 0 atom stereocenters. The molecular weight excluding hydrogens is 162 g/mol. The van der Waals surface area contributed by atoms with Gasteiger partial charge in [0.15, 0.2) is 5.76 Å². The molecule has 1 aromatic heterocycles. The zero-order valence-corrected chi connectivity index (χ0v) is 7.95. The number of hydrogen-bond donors (Lipinski definition) is 0. The molecule has 0 saturated heterocycles. The summed E-state index contributed by atoms with van der Waals surface area (Å²) >= 11 is 0. The third-order valence-corrected chi connectivity index (χ3v) is 1.76. The van der Waals surface area contributed by atoms with Crippen LogP contribution < -0.4 is 0 Å². The number of rotatable bonds is 3. The Kier molecular flexibility index (Phi) is 3.26. The summed E-state index contributed by atoms with van der Waals surface area (Å²) in [6, 6.07) is 1.79. The Balaban J connectivity index is 2.67. The minimum Gasteiger partial charge on any atom is -0.356 e. The number of nitrogens with zero attached hydrogens (tertiary/aromatic N) is 1. The van der Waals surface area contributed by atoms with Gasteiger partial charge in [-0.1, -0.05) is 35.5 Å². The van der Waals surface area contributed by atoms with Gasteiger partial charge in [0.05, 0.1) is 6.20 Å². The lowest BCUT2D eigenvalue weighted by molar-refractivity contribution is 0.411. The fourth-order valence-corrected chi connectivity index (χ4v) is 0.792. The Bertz CT molecular complexity index is 331. The molecule has 0 aliphatic carbocycles. The van der Waals surface area contributed by atoms with E-state index in [1.807, 2.05) is 32.1 Å². The van der Waals surface area contributed by atoms with E-state index in [-0.39, 0.29) is 0 Å². The highest BCUT2D eigenvalue weighted by Crippen LogP contribution is 2.12. The van der Waals surface area contributed by atoms with E-state index in [1.54, 1.807) is 12.3 Å². The fraction of sp³-hybridized carbons (Fsp3) is 0.182. The summed E-state index contributed by atoms with van der Waals surface area (Å²) in [5.74, 6) is 0.708. The molecular formula is C11H13NO. The van der Waals surface area contributed by atoms with E-state index < -0.39 is 0 Å². The van der Waals surface area contributed by atoms with Crippen LogP contribution in [0.3, 0.4) is 0 Å². The van der Waals surface area contributed by atoms with Crippen LogP contribution in [0.4, 0.5) is 0 Å². The van der Waals surface area contributed by atoms with Crippen LogP contribution in [0.25, 0.3) is 5.57 Å². The highest BCUT2D eigenvalue weighted by atomic mass is 16.5. The summed E-state index contributed by atoms with van der Waals surface area (Å²) in [6.45, 7) is 7.88. The fourth-order valence-electron chi connectivity index (χ4n) is 0.792. The van der Waals surface area contributed by atoms with Gasteiger partial charge < -0.3 is 4.52 Å². The van der Waals surface area contributed by atoms with Gasteiger partial charge in [-0.25, -0.2) is 0 Å². The molecule has 0 fully saturated rings. The van der Waals surface area contributed by atoms with Crippen molar-refractivity contribution in [2.24, 2.45) is 0 Å². The van der Waals surface area contributed by atoms with Gasteiger partial charge in [0.2, 0.25) is 0 Å². The summed E-state index contributed by atoms with van der Waals surface area (Å²) in [6.07, 6.45) is 7.54. The molecule has 0 radical (unpaired) electrons. The topological polar surface area (TPSA) is 26.0 Å². The molecule has 0 N–H and O–H groups in total. The van der Waals surface area contributed by atoms with Crippen LogP contribution in [0, 0.1) is 0 Å². The second-order valence-electron chi connectivity index (χ2n) is 2.77. The third kappa shape index (κ3) is 2.75. The van der Waals surface area contributed by atoms with Crippen LogP contribution in [0.1, 0.15) is 19.6 Å². The maximum absolute atomic E-state index is 4.94. The van der Waals surface area contributed by atoms with Gasteiger partial charge in [0, 0.05) is 11.6 Å². The average molecular weight is 175 g/mol. The van der Waals surface area contributed by atoms with Crippen molar-refractivity contribution in [3.8, 4) is 0 Å². The first-order valence-electron chi connectivity index (χ1n) is 4.15. The van der Waals surface area contributed by atoms with Crippen molar-refractivity contribution in [1.82, 2.24) is 5.16 Å². The first-order valence-corrected chi connectivity index (χ1v) is 4.15. The summed E-state index contributed by atoms with van der Waals surface area (Å²) in [5.41, 5.74) is 2.03. The monoisotopic (exact) mass is 175 g/mol. The lowest BCUT2D eigenvalue weighted by Gasteiger charge is -1.92. The molecule has 0 spiro atoms. The molecule has 0 aromatic carbocycles. The molecule has 1 rings (SSSR count). The summed E-state index contributed by atoms with van der Waals surface area (Å²) < 4.78 is 4.94. The van der Waals surface area contributed by atoms with Crippen LogP contribution in [0.15, 0.2) is 47.2 Å². The van der Waals surface area contributed by atoms with E-state index in [4.69, 9.17) is 4.52 Å². The van der Waals surface area contributed by atoms with E-state index in [2.05, 4.69) is 11.7 Å². The molecule has 68 valence electrons. The molecule has 0 aliphatic heterocycles. The predicted octanol–water partition coefficient (Wildman–Crippen LogP) is 3.21. The molecule has 2 heteroatoms. The minimum atomic E-state index is 0.708. The summed E-state index contributed by atoms with van der Waals surface area (Å²) in [5, 5.41) is 3.61. The van der Waals surface area contributed by atoms with Crippen LogP contribution in [-0.4, -0.2) is 5.16 Å². The Morgan fingerprint density at radius 3 is 2.85 bits per heavy atom. The van der Waals surface area contributed by atoms with Crippen LogP contribution in [0.5, 0.6) is 0 Å². The normalized spacial score (nSPS) is 12.3. The minimum absolute atomic E-state index is 0.708. The second kappa shape index (κ2) is 4.45. The highest BCUT2D eigenvalue weighted by Gasteiger charge is 1.97. The van der Waals surface area contributed by atoms with E-state index in [0.717, 1.165) is 5.57 Å². The Hall–Kier alpha value is -1.57. The van der Waals surface area contributed by atoms with E-state index in [0.29, 0.717) is 5.76 Å². The standard InChI is InChI=1S/C11H13NO/c1-4-9(2)5-6-10(3)11-7-8-12-13-11/h4-8H,3H2,1-2H3/b6-5-,9-4-. The van der Waals surface area contributed by atoms with Gasteiger partial charge in [0.25, 0.3) is 0 Å². The molecule has 0 saturated carbocycles. The van der Waals surface area contributed by atoms with Crippen molar-refractivity contribution in [3.05, 3.63) is 48.4 Å². The molecule has 1 aromatic rings. The van der Waals surface area contributed by atoms with Crippen molar-refractivity contribution in [2.45, 2.75) is 13.8 Å². The van der Waals surface area contributed by atoms with Crippen LogP contribution in [0.2, 0.25) is 0 Å². The quantitative estimate of drug-likeness (QED) is 0.659. The largest absolute Gasteiger partial charge is 0.356 e. The second-order valence-corrected chi connectivity index (χ2v) is 2.77. The van der Waals surface area contributed by atoms with E-state index >= 15 is 0 Å². The van der Waals surface area contributed by atoms with Gasteiger partial charge in [0.1, 0.15) is 0 Å². The highest BCUT2D eigenvalue weighted by molar-refractivity contribution is 5.68. The van der Waals surface area contributed by atoms with Crippen molar-refractivity contribution >= 4 is 5.57 Å². The lowest BCUT2D eigenvalue weighted by Crippen LogP contribution is -1.73. The van der Waals surface area contributed by atoms with Gasteiger partial charge in [-0.15, -0.1) is 0 Å². The maximum atomic E-state index is 4.94. The Labute approximate surface area is 78.2 Å². The smallest absolute Gasteiger partial charge is 0.166 e. The lowest BCUT2D eigenvalue weighted by atomic mass is 10.2. The molecule has 0 amide bonds. The molecule has 0 bridgehead atoms.